The molecule has 0 spiro atoms. The highest BCUT2D eigenvalue weighted by atomic mass is 14.7. The topological polar surface area (TPSA) is 26.0 Å². The Labute approximate surface area is 73.9 Å². The van der Waals surface area contributed by atoms with E-state index in [1.165, 1.54) is 0 Å². The average molecular weight is 161 g/mol. The van der Waals surface area contributed by atoms with E-state index in [9.17, 15) is 0 Å². The van der Waals surface area contributed by atoms with E-state index < -0.39 is 0 Å². The third-order valence-corrected chi connectivity index (χ3v) is 1.91. The lowest BCUT2D eigenvalue weighted by atomic mass is 9.93. The molecule has 1 aromatic carbocycles. The van der Waals surface area contributed by atoms with Crippen molar-refractivity contribution < 1.29 is 0 Å². The Kier molecular flexibility index (Phi) is 2.66. The summed E-state index contributed by atoms with van der Waals surface area (Å²) < 4.78 is 0. The maximum atomic E-state index is 6.06. The molecule has 0 aliphatic rings. The van der Waals surface area contributed by atoms with Gasteiger partial charge in [-0.3, -0.25) is 0 Å². The second kappa shape index (κ2) is 3.55. The van der Waals surface area contributed by atoms with Crippen LogP contribution in [-0.4, -0.2) is 0 Å². The van der Waals surface area contributed by atoms with Crippen molar-refractivity contribution in [2.24, 2.45) is 5.73 Å². The van der Waals surface area contributed by atoms with Gasteiger partial charge in [0.1, 0.15) is 0 Å². The van der Waals surface area contributed by atoms with Crippen LogP contribution in [0.5, 0.6) is 0 Å². The average Bonchev–Trinajstić information content (AvgIpc) is 2.06. The minimum absolute atomic E-state index is 0.337. The molecule has 0 heterocycles. The largest absolute Gasteiger partial charge is 0.318 e. The third kappa shape index (κ3) is 1.95. The number of hydrogen-bond acceptors (Lipinski definition) is 1. The Bertz CT molecular complexity index is 260. The summed E-state index contributed by atoms with van der Waals surface area (Å²) in [4.78, 5) is 0. The van der Waals surface area contributed by atoms with Gasteiger partial charge in [-0.1, -0.05) is 42.5 Å². The van der Waals surface area contributed by atoms with Gasteiger partial charge >= 0.3 is 0 Å². The van der Waals surface area contributed by atoms with E-state index in [1.807, 2.05) is 56.3 Å². The van der Waals surface area contributed by atoms with Crippen LogP contribution >= 0.6 is 0 Å². The monoisotopic (exact) mass is 161 g/mol. The lowest BCUT2D eigenvalue weighted by Crippen LogP contribution is -2.30. The summed E-state index contributed by atoms with van der Waals surface area (Å²) in [6.45, 7) is 3.98. The molecule has 0 radical (unpaired) electrons. The van der Waals surface area contributed by atoms with Crippen molar-refractivity contribution in [1.29, 1.82) is 0 Å². The standard InChI is InChI=1S/C11H15N/c1-3-9-11(2,12)10-7-5-4-6-8-10/h3-9H,12H2,1-2H3/b9-3-. The van der Waals surface area contributed by atoms with Crippen LogP contribution in [0.25, 0.3) is 0 Å². The molecule has 1 unspecified atom stereocenters. The normalized spacial score (nSPS) is 16.2. The van der Waals surface area contributed by atoms with Crippen LogP contribution < -0.4 is 5.73 Å². The fourth-order valence-electron chi connectivity index (χ4n) is 1.24. The Balaban J connectivity index is 2.97. The predicted molar refractivity (Wildman–Crippen MR) is 52.8 cm³/mol. The maximum absolute atomic E-state index is 6.06. The molecule has 1 atom stereocenters. The van der Waals surface area contributed by atoms with E-state index in [-0.39, 0.29) is 5.54 Å². The highest BCUT2D eigenvalue weighted by Crippen LogP contribution is 2.18. The molecule has 0 aromatic heterocycles. The van der Waals surface area contributed by atoms with Crippen LogP contribution in [0, 0.1) is 0 Å². The molecular formula is C11H15N. The zero-order valence-corrected chi connectivity index (χ0v) is 7.62. The van der Waals surface area contributed by atoms with Gasteiger partial charge in [0, 0.05) is 0 Å². The molecule has 2 N–H and O–H groups in total. The van der Waals surface area contributed by atoms with Crippen LogP contribution in [-0.2, 0) is 5.54 Å². The number of rotatable bonds is 2. The molecular weight excluding hydrogens is 146 g/mol. The molecule has 1 aromatic rings. The Hall–Kier alpha value is -1.08. The number of benzene rings is 1. The van der Waals surface area contributed by atoms with E-state index in [1.54, 1.807) is 0 Å². The van der Waals surface area contributed by atoms with Gasteiger partial charge in [-0.25, -0.2) is 0 Å². The first-order valence-electron chi connectivity index (χ1n) is 4.15. The summed E-state index contributed by atoms with van der Waals surface area (Å²) in [6.07, 6.45) is 3.98. The molecule has 0 amide bonds. The summed E-state index contributed by atoms with van der Waals surface area (Å²) in [5.74, 6) is 0. The van der Waals surface area contributed by atoms with Crippen LogP contribution in [0.4, 0.5) is 0 Å². The van der Waals surface area contributed by atoms with Gasteiger partial charge in [-0.05, 0) is 19.4 Å². The molecule has 0 saturated carbocycles. The number of allylic oxidation sites excluding steroid dienone is 1. The highest BCUT2D eigenvalue weighted by Gasteiger charge is 2.15. The molecule has 64 valence electrons. The summed E-state index contributed by atoms with van der Waals surface area (Å²) in [7, 11) is 0. The minimum Gasteiger partial charge on any atom is -0.318 e. The maximum Gasteiger partial charge on any atom is 0.0566 e. The van der Waals surface area contributed by atoms with Crippen LogP contribution in [0.1, 0.15) is 19.4 Å². The van der Waals surface area contributed by atoms with Crippen LogP contribution in [0.15, 0.2) is 42.5 Å². The number of nitrogens with two attached hydrogens (primary N) is 1. The van der Waals surface area contributed by atoms with Crippen molar-refractivity contribution in [3.8, 4) is 0 Å². The van der Waals surface area contributed by atoms with Crippen molar-refractivity contribution in [1.82, 2.24) is 0 Å². The molecule has 0 bridgehead atoms. The van der Waals surface area contributed by atoms with E-state index in [2.05, 4.69) is 0 Å². The molecule has 0 saturated heterocycles. The summed E-state index contributed by atoms with van der Waals surface area (Å²) in [5, 5.41) is 0. The van der Waals surface area contributed by atoms with Crippen LogP contribution in [0.3, 0.4) is 0 Å². The third-order valence-electron chi connectivity index (χ3n) is 1.91. The summed E-state index contributed by atoms with van der Waals surface area (Å²) in [6, 6.07) is 10.1. The highest BCUT2D eigenvalue weighted by molar-refractivity contribution is 5.27. The predicted octanol–water partition coefficient (Wildman–Crippen LogP) is 2.44. The van der Waals surface area contributed by atoms with Gasteiger partial charge in [0.05, 0.1) is 5.54 Å². The van der Waals surface area contributed by atoms with Crippen molar-refractivity contribution in [2.75, 3.05) is 0 Å². The molecule has 1 heteroatoms. The second-order valence-electron chi connectivity index (χ2n) is 3.15. The van der Waals surface area contributed by atoms with E-state index >= 15 is 0 Å². The minimum atomic E-state index is -0.337. The summed E-state index contributed by atoms with van der Waals surface area (Å²) >= 11 is 0. The first kappa shape index (κ1) is 9.01. The molecule has 0 aliphatic heterocycles. The molecule has 1 rings (SSSR count). The molecule has 0 fully saturated rings. The van der Waals surface area contributed by atoms with Crippen molar-refractivity contribution in [2.45, 2.75) is 19.4 Å². The van der Waals surface area contributed by atoms with Crippen molar-refractivity contribution >= 4 is 0 Å². The lowest BCUT2D eigenvalue weighted by molar-refractivity contribution is 0.629. The Morgan fingerprint density at radius 2 is 1.83 bits per heavy atom. The van der Waals surface area contributed by atoms with Gasteiger partial charge in [-0.2, -0.15) is 0 Å². The molecule has 12 heavy (non-hydrogen) atoms. The van der Waals surface area contributed by atoms with E-state index in [4.69, 9.17) is 5.73 Å². The van der Waals surface area contributed by atoms with Crippen molar-refractivity contribution in [3.05, 3.63) is 48.0 Å². The number of hydrogen-bond donors (Lipinski definition) is 1. The summed E-state index contributed by atoms with van der Waals surface area (Å²) in [5.41, 5.74) is 6.87. The smallest absolute Gasteiger partial charge is 0.0566 e. The first-order chi connectivity index (χ1) is 5.67. The quantitative estimate of drug-likeness (QED) is 0.662. The first-order valence-corrected chi connectivity index (χ1v) is 4.15. The van der Waals surface area contributed by atoms with Gasteiger partial charge in [0.2, 0.25) is 0 Å². The molecule has 1 nitrogen and oxygen atoms in total. The zero-order chi connectivity index (χ0) is 9.03. The fourth-order valence-corrected chi connectivity index (χ4v) is 1.24. The SMILES string of the molecule is C/C=C\C(C)(N)c1ccccc1. The zero-order valence-electron chi connectivity index (χ0n) is 7.62. The van der Waals surface area contributed by atoms with Crippen LogP contribution in [0.2, 0.25) is 0 Å². The Morgan fingerprint density at radius 3 is 2.33 bits per heavy atom. The Morgan fingerprint density at radius 1 is 1.25 bits per heavy atom. The van der Waals surface area contributed by atoms with E-state index in [0.717, 1.165) is 5.56 Å². The van der Waals surface area contributed by atoms with Gasteiger partial charge in [0.15, 0.2) is 0 Å². The molecule has 0 aliphatic carbocycles. The van der Waals surface area contributed by atoms with Gasteiger partial charge < -0.3 is 5.73 Å². The second-order valence-corrected chi connectivity index (χ2v) is 3.15. The fraction of sp³-hybridized carbons (Fsp3) is 0.273. The van der Waals surface area contributed by atoms with E-state index in [0.29, 0.717) is 0 Å². The van der Waals surface area contributed by atoms with Gasteiger partial charge in [-0.15, -0.1) is 0 Å². The van der Waals surface area contributed by atoms with Crippen molar-refractivity contribution in [3.63, 3.8) is 0 Å². The van der Waals surface area contributed by atoms with Gasteiger partial charge in [0.25, 0.3) is 0 Å². The lowest BCUT2D eigenvalue weighted by Gasteiger charge is -2.20.